The van der Waals surface area contributed by atoms with E-state index in [4.69, 9.17) is 9.31 Å². The van der Waals surface area contributed by atoms with E-state index in [2.05, 4.69) is 57.8 Å². The van der Waals surface area contributed by atoms with Gasteiger partial charge in [-0.1, -0.05) is 12.1 Å². The van der Waals surface area contributed by atoms with Crippen molar-refractivity contribution < 1.29 is 14.1 Å². The Morgan fingerprint density at radius 1 is 1.04 bits per heavy atom. The molecule has 0 unspecified atom stereocenters. The van der Waals surface area contributed by atoms with Crippen LogP contribution in [-0.4, -0.2) is 71.8 Å². The van der Waals surface area contributed by atoms with Crippen LogP contribution in [0, 0.1) is 0 Å². The number of benzene rings is 1. The van der Waals surface area contributed by atoms with Crippen LogP contribution in [0.25, 0.3) is 10.9 Å². The summed E-state index contributed by atoms with van der Waals surface area (Å²) >= 11 is 0. The molecule has 150 valence electrons. The van der Waals surface area contributed by atoms with Gasteiger partial charge in [0.15, 0.2) is 0 Å². The molecule has 7 heteroatoms. The van der Waals surface area contributed by atoms with Gasteiger partial charge in [-0.25, -0.2) is 0 Å². The van der Waals surface area contributed by atoms with E-state index >= 15 is 0 Å². The number of piperazine rings is 1. The third-order valence-electron chi connectivity index (χ3n) is 6.48. The molecule has 2 fully saturated rings. The molecule has 1 aromatic carbocycles. The maximum absolute atomic E-state index is 12.7. The highest BCUT2D eigenvalue weighted by molar-refractivity contribution is 6.62. The maximum atomic E-state index is 12.7. The minimum Gasteiger partial charge on any atom is -0.399 e. The number of amides is 1. The van der Waals surface area contributed by atoms with Gasteiger partial charge >= 0.3 is 7.12 Å². The molecule has 4 rings (SSSR count). The number of hydrogen-bond acceptors (Lipinski definition) is 4. The highest BCUT2D eigenvalue weighted by atomic mass is 16.7. The molecular weight excluding hydrogens is 353 g/mol. The van der Waals surface area contributed by atoms with Crippen molar-refractivity contribution in [1.82, 2.24) is 14.4 Å². The van der Waals surface area contributed by atoms with Gasteiger partial charge in [0, 0.05) is 37.9 Å². The van der Waals surface area contributed by atoms with Gasteiger partial charge in [-0.05, 0) is 57.7 Å². The Balaban J connectivity index is 1.50. The van der Waals surface area contributed by atoms with Crippen molar-refractivity contribution in [2.24, 2.45) is 0 Å². The molecule has 2 aromatic rings. The van der Waals surface area contributed by atoms with Gasteiger partial charge in [0.05, 0.1) is 11.2 Å². The number of aromatic nitrogens is 1. The summed E-state index contributed by atoms with van der Waals surface area (Å²) in [6.45, 7) is 12.1. The van der Waals surface area contributed by atoms with Crippen LogP contribution in [0.1, 0.15) is 27.7 Å². The molecule has 0 radical (unpaired) electrons. The summed E-state index contributed by atoms with van der Waals surface area (Å²) in [7, 11) is 1.73. The van der Waals surface area contributed by atoms with Gasteiger partial charge in [0.1, 0.15) is 6.54 Å². The molecule has 28 heavy (non-hydrogen) atoms. The molecule has 0 aliphatic carbocycles. The predicted octanol–water partition coefficient (Wildman–Crippen LogP) is 1.71. The van der Waals surface area contributed by atoms with Crippen LogP contribution in [0.4, 0.5) is 0 Å². The number of fused-ring (bicyclic) bond motifs is 1. The highest BCUT2D eigenvalue weighted by Crippen LogP contribution is 2.36. The Hall–Kier alpha value is -1.83. The normalized spacial score (nSPS) is 22.2. The first-order valence-electron chi connectivity index (χ1n) is 10.1. The van der Waals surface area contributed by atoms with E-state index < -0.39 is 0 Å². The third kappa shape index (κ3) is 3.47. The standard InChI is InChI=1S/C21H30BN3O3/c1-20(2)21(3,4)28-22(27-20)17-6-7-18-16(14-17)8-9-25(18)15-19(26)24-12-10-23(5)11-13-24/h6-9,14H,10-13,15H2,1-5H3. The lowest BCUT2D eigenvalue weighted by atomic mass is 9.79. The molecule has 0 atom stereocenters. The maximum Gasteiger partial charge on any atom is 0.494 e. The fourth-order valence-corrected chi connectivity index (χ4v) is 3.78. The van der Waals surface area contributed by atoms with Gasteiger partial charge in [0.25, 0.3) is 0 Å². The number of carbonyl (C=O) groups is 1. The summed E-state index contributed by atoms with van der Waals surface area (Å²) in [5.41, 5.74) is 1.36. The van der Waals surface area contributed by atoms with Crippen molar-refractivity contribution >= 4 is 29.4 Å². The number of hydrogen-bond donors (Lipinski definition) is 0. The molecule has 0 N–H and O–H groups in total. The largest absolute Gasteiger partial charge is 0.494 e. The second-order valence-electron chi connectivity index (χ2n) is 9.03. The lowest BCUT2D eigenvalue weighted by Gasteiger charge is -2.32. The number of rotatable bonds is 3. The SMILES string of the molecule is CN1CCN(C(=O)Cn2ccc3cc(B4OC(C)(C)C(C)(C)O4)ccc32)CC1. The second-order valence-corrected chi connectivity index (χ2v) is 9.03. The lowest BCUT2D eigenvalue weighted by Crippen LogP contribution is -2.48. The summed E-state index contributed by atoms with van der Waals surface area (Å²) in [5.74, 6) is 0.181. The molecule has 3 heterocycles. The smallest absolute Gasteiger partial charge is 0.399 e. The van der Waals surface area contributed by atoms with E-state index in [0.29, 0.717) is 6.54 Å². The van der Waals surface area contributed by atoms with Gasteiger partial charge in [-0.3, -0.25) is 4.79 Å². The zero-order chi connectivity index (χ0) is 20.1. The van der Waals surface area contributed by atoms with E-state index in [0.717, 1.165) is 42.5 Å². The van der Waals surface area contributed by atoms with Crippen LogP contribution < -0.4 is 5.46 Å². The van der Waals surface area contributed by atoms with Crippen LogP contribution in [0.5, 0.6) is 0 Å². The van der Waals surface area contributed by atoms with Crippen LogP contribution in [0.3, 0.4) is 0 Å². The number of carbonyl (C=O) groups excluding carboxylic acids is 1. The van der Waals surface area contributed by atoms with Gasteiger partial charge in [-0.2, -0.15) is 0 Å². The lowest BCUT2D eigenvalue weighted by molar-refractivity contribution is -0.133. The Bertz CT molecular complexity index is 868. The summed E-state index contributed by atoms with van der Waals surface area (Å²) in [5, 5.41) is 1.10. The average Bonchev–Trinajstić information content (AvgIpc) is 3.12. The van der Waals surface area contributed by atoms with Crippen molar-refractivity contribution in [3.8, 4) is 0 Å². The Labute approximate surface area is 167 Å². The predicted molar refractivity (Wildman–Crippen MR) is 112 cm³/mol. The molecule has 2 aliphatic rings. The molecule has 1 aromatic heterocycles. The van der Waals surface area contributed by atoms with Crippen LogP contribution in [-0.2, 0) is 20.6 Å². The average molecular weight is 383 g/mol. The zero-order valence-electron chi connectivity index (χ0n) is 17.6. The van der Waals surface area contributed by atoms with Crippen molar-refractivity contribution in [3.05, 3.63) is 30.5 Å². The van der Waals surface area contributed by atoms with Gasteiger partial charge in [-0.15, -0.1) is 0 Å². The number of nitrogens with zero attached hydrogens (tertiary/aromatic N) is 3. The van der Waals surface area contributed by atoms with Crippen molar-refractivity contribution in [3.63, 3.8) is 0 Å². The first-order valence-corrected chi connectivity index (χ1v) is 10.1. The minimum atomic E-state index is -0.371. The molecule has 2 aliphatic heterocycles. The fourth-order valence-electron chi connectivity index (χ4n) is 3.78. The Kier molecular flexibility index (Phi) is 4.80. The summed E-state index contributed by atoms with van der Waals surface area (Å²) in [6.07, 6.45) is 1.99. The topological polar surface area (TPSA) is 46.9 Å². The van der Waals surface area contributed by atoms with E-state index in [1.807, 2.05) is 21.7 Å². The van der Waals surface area contributed by atoms with E-state index in [-0.39, 0.29) is 24.2 Å². The van der Waals surface area contributed by atoms with Crippen LogP contribution >= 0.6 is 0 Å². The Morgan fingerprint density at radius 2 is 1.68 bits per heavy atom. The van der Waals surface area contributed by atoms with E-state index in [1.165, 1.54) is 0 Å². The van der Waals surface area contributed by atoms with Crippen LogP contribution in [0.15, 0.2) is 30.5 Å². The van der Waals surface area contributed by atoms with Gasteiger partial charge < -0.3 is 23.7 Å². The van der Waals surface area contributed by atoms with E-state index in [9.17, 15) is 4.79 Å². The first kappa shape index (κ1) is 19.5. The first-order chi connectivity index (χ1) is 13.2. The number of likely N-dealkylation sites (N-methyl/N-ethyl adjacent to an activating group) is 1. The van der Waals surface area contributed by atoms with Crippen molar-refractivity contribution in [1.29, 1.82) is 0 Å². The zero-order valence-corrected chi connectivity index (χ0v) is 17.6. The summed E-state index contributed by atoms with van der Waals surface area (Å²) < 4.78 is 14.4. The minimum absolute atomic E-state index is 0.181. The molecule has 1 amide bonds. The quantitative estimate of drug-likeness (QED) is 0.758. The molecular formula is C21H30BN3O3. The van der Waals surface area contributed by atoms with Crippen LogP contribution in [0.2, 0.25) is 0 Å². The monoisotopic (exact) mass is 383 g/mol. The molecule has 0 saturated carbocycles. The summed E-state index contributed by atoms with van der Waals surface area (Å²) in [6, 6.07) is 8.27. The molecule has 0 spiro atoms. The van der Waals surface area contributed by atoms with Gasteiger partial charge in [0.2, 0.25) is 5.91 Å². The molecule has 6 nitrogen and oxygen atoms in total. The summed E-state index contributed by atoms with van der Waals surface area (Å²) in [4.78, 5) is 16.9. The Morgan fingerprint density at radius 3 is 2.32 bits per heavy atom. The highest BCUT2D eigenvalue weighted by Gasteiger charge is 2.51. The third-order valence-corrected chi connectivity index (χ3v) is 6.48. The second kappa shape index (κ2) is 6.90. The fraction of sp³-hybridized carbons (Fsp3) is 0.571. The molecule has 0 bridgehead atoms. The molecule has 2 saturated heterocycles. The van der Waals surface area contributed by atoms with Crippen molar-refractivity contribution in [2.75, 3.05) is 33.2 Å². The van der Waals surface area contributed by atoms with E-state index in [1.54, 1.807) is 0 Å². The van der Waals surface area contributed by atoms with Crippen molar-refractivity contribution in [2.45, 2.75) is 45.4 Å².